The number of carbonyl (C=O) groups excluding carboxylic acids is 2. The molecule has 0 saturated heterocycles. The largest absolute Gasteiger partial charge is 0.462 e. The maximum Gasteiger partial charge on any atom is 0.338 e. The summed E-state index contributed by atoms with van der Waals surface area (Å²) in [7, 11) is 0. The van der Waals surface area contributed by atoms with E-state index in [0.29, 0.717) is 17.9 Å². The number of hydrogen-bond donors (Lipinski definition) is 1. The van der Waals surface area contributed by atoms with Crippen LogP contribution in [0.15, 0.2) is 103 Å². The number of fused-ring (bicyclic) bond motifs is 1. The molecule has 0 unspecified atom stereocenters. The Hall–Kier alpha value is -4.38. The number of esters is 1. The Morgan fingerprint density at radius 1 is 0.912 bits per heavy atom. The molecule has 0 atom stereocenters. The van der Waals surface area contributed by atoms with Gasteiger partial charge >= 0.3 is 5.97 Å². The molecule has 5 nitrogen and oxygen atoms in total. The van der Waals surface area contributed by atoms with Crippen LogP contribution in [0.5, 0.6) is 0 Å². The smallest absolute Gasteiger partial charge is 0.338 e. The first kappa shape index (κ1) is 22.8. The molecule has 4 rings (SSSR count). The van der Waals surface area contributed by atoms with E-state index < -0.39 is 0 Å². The molecule has 0 radical (unpaired) electrons. The van der Waals surface area contributed by atoms with Crippen molar-refractivity contribution >= 4 is 34.5 Å². The zero-order valence-corrected chi connectivity index (χ0v) is 19.0. The molecule has 0 aliphatic carbocycles. The Labute approximate surface area is 199 Å². The van der Waals surface area contributed by atoms with Crippen molar-refractivity contribution in [2.24, 2.45) is 0 Å². The second kappa shape index (κ2) is 11.0. The van der Waals surface area contributed by atoms with Gasteiger partial charge in [-0.15, -0.1) is 0 Å². The minimum absolute atomic E-state index is 0.250. The highest BCUT2D eigenvalue weighted by Gasteiger charge is 2.07. The van der Waals surface area contributed by atoms with E-state index in [4.69, 9.17) is 4.74 Å². The van der Waals surface area contributed by atoms with Crippen LogP contribution in [0.25, 0.3) is 17.0 Å². The predicted molar refractivity (Wildman–Crippen MR) is 137 cm³/mol. The summed E-state index contributed by atoms with van der Waals surface area (Å²) < 4.78 is 7.20. The highest BCUT2D eigenvalue weighted by Crippen LogP contribution is 2.23. The van der Waals surface area contributed by atoms with E-state index in [0.717, 1.165) is 17.5 Å². The van der Waals surface area contributed by atoms with E-state index in [1.165, 1.54) is 17.2 Å². The number of aromatic nitrogens is 1. The third kappa shape index (κ3) is 5.70. The van der Waals surface area contributed by atoms with E-state index in [2.05, 4.69) is 40.3 Å². The van der Waals surface area contributed by atoms with Crippen molar-refractivity contribution in [3.63, 3.8) is 0 Å². The van der Waals surface area contributed by atoms with Crippen LogP contribution in [-0.4, -0.2) is 23.1 Å². The first-order chi connectivity index (χ1) is 16.6. The van der Waals surface area contributed by atoms with Gasteiger partial charge in [0.15, 0.2) is 0 Å². The van der Waals surface area contributed by atoms with Gasteiger partial charge in [0, 0.05) is 35.4 Å². The standard InChI is InChI=1S/C29H26N2O3/c1-2-34-29(33)23-16-18-25(19-17-23)30-28(32)15-9-6-12-24-21-31(20-22-10-4-3-5-11-22)27-14-8-7-13-26(24)27/h3-19,21H,2,20H2,1H3,(H,30,32). The Bertz CT molecular complexity index is 1330. The summed E-state index contributed by atoms with van der Waals surface area (Å²) in [4.78, 5) is 24.0. The van der Waals surface area contributed by atoms with Crippen molar-refractivity contribution in [1.29, 1.82) is 0 Å². The van der Waals surface area contributed by atoms with Gasteiger partial charge in [-0.2, -0.15) is 0 Å². The van der Waals surface area contributed by atoms with Crippen molar-refractivity contribution < 1.29 is 14.3 Å². The lowest BCUT2D eigenvalue weighted by molar-refractivity contribution is -0.111. The summed E-state index contributed by atoms with van der Waals surface area (Å²) in [6.45, 7) is 2.88. The number of nitrogens with one attached hydrogen (secondary N) is 1. The first-order valence-corrected chi connectivity index (χ1v) is 11.2. The number of para-hydroxylation sites is 1. The quantitative estimate of drug-likeness (QED) is 0.201. The van der Waals surface area contributed by atoms with Crippen LogP contribution in [0.3, 0.4) is 0 Å². The van der Waals surface area contributed by atoms with Gasteiger partial charge in [0.05, 0.1) is 12.2 Å². The zero-order valence-electron chi connectivity index (χ0n) is 19.0. The minimum Gasteiger partial charge on any atom is -0.462 e. The number of amides is 1. The van der Waals surface area contributed by atoms with E-state index >= 15 is 0 Å². The number of benzene rings is 3. The van der Waals surface area contributed by atoms with Crippen LogP contribution in [-0.2, 0) is 16.1 Å². The summed E-state index contributed by atoms with van der Waals surface area (Å²) in [5.41, 5.74) is 4.55. The molecule has 34 heavy (non-hydrogen) atoms. The van der Waals surface area contributed by atoms with Crippen LogP contribution >= 0.6 is 0 Å². The number of carbonyl (C=O) groups is 2. The molecule has 3 aromatic carbocycles. The molecule has 1 N–H and O–H groups in total. The normalized spacial score (nSPS) is 11.3. The second-order valence-corrected chi connectivity index (χ2v) is 7.72. The average molecular weight is 451 g/mol. The lowest BCUT2D eigenvalue weighted by Crippen LogP contribution is -2.08. The summed E-state index contributed by atoms with van der Waals surface area (Å²) in [6.07, 6.45) is 9.18. The minimum atomic E-state index is -0.379. The molecule has 1 aromatic heterocycles. The topological polar surface area (TPSA) is 60.3 Å². The van der Waals surface area contributed by atoms with Gasteiger partial charge in [0.25, 0.3) is 0 Å². The molecular weight excluding hydrogens is 424 g/mol. The molecular formula is C29H26N2O3. The van der Waals surface area contributed by atoms with Crippen molar-refractivity contribution in [3.8, 4) is 0 Å². The molecule has 1 amide bonds. The third-order valence-corrected chi connectivity index (χ3v) is 5.31. The molecule has 0 fully saturated rings. The summed E-state index contributed by atoms with van der Waals surface area (Å²) in [5, 5.41) is 3.95. The van der Waals surface area contributed by atoms with Gasteiger partial charge in [0.2, 0.25) is 5.91 Å². The Kier molecular flexibility index (Phi) is 7.35. The van der Waals surface area contributed by atoms with E-state index in [1.54, 1.807) is 37.3 Å². The fourth-order valence-electron chi connectivity index (χ4n) is 3.71. The van der Waals surface area contributed by atoms with Crippen LogP contribution < -0.4 is 5.32 Å². The Morgan fingerprint density at radius 2 is 1.65 bits per heavy atom. The van der Waals surface area contributed by atoms with Crippen molar-refractivity contribution in [1.82, 2.24) is 4.57 Å². The van der Waals surface area contributed by atoms with Crippen LogP contribution in [0.1, 0.15) is 28.4 Å². The van der Waals surface area contributed by atoms with E-state index in [1.807, 2.05) is 42.5 Å². The number of hydrogen-bond acceptors (Lipinski definition) is 3. The van der Waals surface area contributed by atoms with Crippen LogP contribution in [0, 0.1) is 0 Å². The monoisotopic (exact) mass is 450 g/mol. The third-order valence-electron chi connectivity index (χ3n) is 5.31. The van der Waals surface area contributed by atoms with Gasteiger partial charge in [-0.1, -0.05) is 66.8 Å². The molecule has 5 heteroatoms. The van der Waals surface area contributed by atoms with Crippen molar-refractivity contribution in [2.45, 2.75) is 13.5 Å². The summed E-state index contributed by atoms with van der Waals surface area (Å²) >= 11 is 0. The number of nitrogens with zero attached hydrogens (tertiary/aromatic N) is 1. The number of ether oxygens (including phenoxy) is 1. The molecule has 0 spiro atoms. The lowest BCUT2D eigenvalue weighted by Gasteiger charge is -2.05. The highest BCUT2D eigenvalue weighted by molar-refractivity contribution is 6.00. The number of rotatable bonds is 8. The van der Waals surface area contributed by atoms with Gasteiger partial charge in [-0.3, -0.25) is 4.79 Å². The molecule has 0 bridgehead atoms. The lowest BCUT2D eigenvalue weighted by atomic mass is 10.1. The maximum absolute atomic E-state index is 12.2. The van der Waals surface area contributed by atoms with Crippen LogP contribution in [0.4, 0.5) is 5.69 Å². The highest BCUT2D eigenvalue weighted by atomic mass is 16.5. The van der Waals surface area contributed by atoms with Gasteiger partial charge in [-0.25, -0.2) is 4.79 Å². The molecule has 0 aliphatic heterocycles. The molecule has 1 heterocycles. The average Bonchev–Trinajstić information content (AvgIpc) is 3.20. The number of anilines is 1. The first-order valence-electron chi connectivity index (χ1n) is 11.2. The van der Waals surface area contributed by atoms with E-state index in [-0.39, 0.29) is 11.9 Å². The van der Waals surface area contributed by atoms with Gasteiger partial charge < -0.3 is 14.6 Å². The molecule has 170 valence electrons. The SMILES string of the molecule is CCOC(=O)c1ccc(NC(=O)C=CC=Cc2cn(Cc3ccccc3)c3ccccc23)cc1. The Balaban J connectivity index is 1.41. The van der Waals surface area contributed by atoms with Crippen LogP contribution in [0.2, 0.25) is 0 Å². The summed E-state index contributed by atoms with van der Waals surface area (Å²) in [5.74, 6) is -0.629. The van der Waals surface area contributed by atoms with Gasteiger partial charge in [0.1, 0.15) is 0 Å². The maximum atomic E-state index is 12.2. The van der Waals surface area contributed by atoms with Crippen molar-refractivity contribution in [3.05, 3.63) is 120 Å². The van der Waals surface area contributed by atoms with E-state index in [9.17, 15) is 9.59 Å². The zero-order chi connectivity index (χ0) is 23.8. The fraction of sp³-hybridized carbons (Fsp3) is 0.103. The molecule has 4 aromatic rings. The fourth-order valence-corrected chi connectivity index (χ4v) is 3.71. The predicted octanol–water partition coefficient (Wildman–Crippen LogP) is 6.07. The molecule has 0 saturated carbocycles. The summed E-state index contributed by atoms with van der Waals surface area (Å²) in [6, 6.07) is 25.3. The second-order valence-electron chi connectivity index (χ2n) is 7.72. The molecule has 0 aliphatic rings. The number of allylic oxidation sites excluding steroid dienone is 2. The Morgan fingerprint density at radius 3 is 2.41 bits per heavy atom. The van der Waals surface area contributed by atoms with Crippen molar-refractivity contribution in [2.75, 3.05) is 11.9 Å². The van der Waals surface area contributed by atoms with Gasteiger partial charge in [-0.05, 0) is 48.4 Å².